The number of anilines is 2. The molecule has 0 aliphatic rings. The largest absolute Gasteiger partial charge is 0.494 e. The van der Waals surface area contributed by atoms with Crippen molar-refractivity contribution in [1.82, 2.24) is 0 Å². The summed E-state index contributed by atoms with van der Waals surface area (Å²) < 4.78 is 5.33. The van der Waals surface area contributed by atoms with Crippen LogP contribution in [0.1, 0.15) is 32.3 Å². The zero-order valence-electron chi connectivity index (χ0n) is 14.7. The molecule has 2 amide bonds. The van der Waals surface area contributed by atoms with Crippen molar-refractivity contribution in [3.63, 3.8) is 0 Å². The summed E-state index contributed by atoms with van der Waals surface area (Å²) in [5.74, 6) is -0.692. The molecular formula is C20H24N2O3. The van der Waals surface area contributed by atoms with Gasteiger partial charge in [-0.25, -0.2) is 0 Å². The van der Waals surface area contributed by atoms with Gasteiger partial charge in [0.05, 0.1) is 6.61 Å². The second-order valence-corrected chi connectivity index (χ2v) is 5.67. The molecule has 0 aliphatic heterocycles. The Labute approximate surface area is 148 Å². The van der Waals surface area contributed by atoms with E-state index in [2.05, 4.69) is 17.6 Å². The van der Waals surface area contributed by atoms with E-state index in [4.69, 9.17) is 4.74 Å². The van der Waals surface area contributed by atoms with Gasteiger partial charge in [0.2, 0.25) is 0 Å². The van der Waals surface area contributed by atoms with Gasteiger partial charge in [-0.05, 0) is 61.7 Å². The number of carbonyl (C=O) groups excluding carboxylic acids is 2. The van der Waals surface area contributed by atoms with E-state index in [-0.39, 0.29) is 0 Å². The quantitative estimate of drug-likeness (QED) is 0.749. The first-order valence-electron chi connectivity index (χ1n) is 8.56. The molecule has 0 radical (unpaired) electrons. The molecule has 0 spiro atoms. The summed E-state index contributed by atoms with van der Waals surface area (Å²) >= 11 is 0. The van der Waals surface area contributed by atoms with Gasteiger partial charge < -0.3 is 15.4 Å². The maximum absolute atomic E-state index is 12.0. The summed E-state index contributed by atoms with van der Waals surface area (Å²) in [6.45, 7) is 4.62. The molecule has 0 aromatic heterocycles. The predicted molar refractivity (Wildman–Crippen MR) is 99.9 cm³/mol. The number of hydrogen-bond acceptors (Lipinski definition) is 3. The molecule has 0 aliphatic carbocycles. The van der Waals surface area contributed by atoms with Gasteiger partial charge in [-0.3, -0.25) is 9.59 Å². The van der Waals surface area contributed by atoms with Crippen LogP contribution < -0.4 is 15.4 Å². The second-order valence-electron chi connectivity index (χ2n) is 5.67. The molecule has 5 heteroatoms. The average molecular weight is 340 g/mol. The number of ether oxygens (including phenoxy) is 1. The third-order valence-corrected chi connectivity index (χ3v) is 3.66. The smallest absolute Gasteiger partial charge is 0.314 e. The third kappa shape index (κ3) is 5.95. The lowest BCUT2D eigenvalue weighted by atomic mass is 10.1. The minimum Gasteiger partial charge on any atom is -0.494 e. The van der Waals surface area contributed by atoms with Gasteiger partial charge in [-0.1, -0.05) is 25.5 Å². The van der Waals surface area contributed by atoms with E-state index in [1.807, 2.05) is 31.2 Å². The number of aryl methyl sites for hydroxylation is 1. The SMILES string of the molecule is CCCCc1ccc(NC(=O)C(=O)Nc2ccc(OCC)cc2)cc1. The molecular weight excluding hydrogens is 316 g/mol. The highest BCUT2D eigenvalue weighted by molar-refractivity contribution is 6.43. The minimum atomic E-state index is -0.709. The van der Waals surface area contributed by atoms with Crippen molar-refractivity contribution >= 4 is 23.2 Å². The first kappa shape index (κ1) is 18.5. The minimum absolute atomic E-state index is 0.540. The topological polar surface area (TPSA) is 67.4 Å². The van der Waals surface area contributed by atoms with Crippen LogP contribution in [0, 0.1) is 0 Å². The molecule has 132 valence electrons. The lowest BCUT2D eigenvalue weighted by Gasteiger charge is -2.08. The Kier molecular flexibility index (Phi) is 7.01. The predicted octanol–water partition coefficient (Wildman–Crippen LogP) is 4.01. The number of unbranched alkanes of at least 4 members (excludes halogenated alkanes) is 1. The van der Waals surface area contributed by atoms with E-state index in [0.717, 1.165) is 19.3 Å². The lowest BCUT2D eigenvalue weighted by molar-refractivity contribution is -0.132. The standard InChI is InChI=1S/C20H24N2O3/c1-3-5-6-15-7-9-16(10-8-15)21-19(23)20(24)22-17-11-13-18(14-12-17)25-4-2/h7-14H,3-6H2,1-2H3,(H,21,23)(H,22,24). The van der Waals surface area contributed by atoms with E-state index in [1.54, 1.807) is 24.3 Å². The zero-order valence-corrected chi connectivity index (χ0v) is 14.7. The average Bonchev–Trinajstić information content (AvgIpc) is 2.63. The molecule has 2 rings (SSSR count). The number of carbonyl (C=O) groups is 2. The second kappa shape index (κ2) is 9.47. The fourth-order valence-corrected chi connectivity index (χ4v) is 2.31. The Bertz CT molecular complexity index is 694. The van der Waals surface area contributed by atoms with Crippen LogP contribution in [-0.2, 0) is 16.0 Å². The molecule has 0 unspecified atom stereocenters. The van der Waals surface area contributed by atoms with Crippen LogP contribution >= 0.6 is 0 Å². The van der Waals surface area contributed by atoms with Gasteiger partial charge in [-0.15, -0.1) is 0 Å². The van der Waals surface area contributed by atoms with Crippen molar-refractivity contribution in [1.29, 1.82) is 0 Å². The van der Waals surface area contributed by atoms with Crippen LogP contribution in [0.3, 0.4) is 0 Å². The molecule has 0 saturated heterocycles. The molecule has 25 heavy (non-hydrogen) atoms. The van der Waals surface area contributed by atoms with Gasteiger partial charge in [0, 0.05) is 11.4 Å². The Morgan fingerprint density at radius 2 is 1.36 bits per heavy atom. The molecule has 0 bridgehead atoms. The van der Waals surface area contributed by atoms with Crippen LogP contribution in [0.25, 0.3) is 0 Å². The normalized spacial score (nSPS) is 10.2. The molecule has 0 saturated carbocycles. The molecule has 5 nitrogen and oxygen atoms in total. The molecule has 2 aromatic carbocycles. The molecule has 0 atom stereocenters. The Balaban J connectivity index is 1.88. The van der Waals surface area contributed by atoms with Crippen molar-refractivity contribution in [2.75, 3.05) is 17.2 Å². The Morgan fingerprint density at radius 1 is 0.840 bits per heavy atom. The summed E-state index contributed by atoms with van der Waals surface area (Å²) in [6.07, 6.45) is 3.29. The number of rotatable bonds is 7. The lowest BCUT2D eigenvalue weighted by Crippen LogP contribution is -2.29. The maximum Gasteiger partial charge on any atom is 0.314 e. The highest BCUT2D eigenvalue weighted by atomic mass is 16.5. The van der Waals surface area contributed by atoms with Crippen molar-refractivity contribution in [3.8, 4) is 5.75 Å². The van der Waals surface area contributed by atoms with Crippen molar-refractivity contribution in [3.05, 3.63) is 54.1 Å². The summed E-state index contributed by atoms with van der Waals surface area (Å²) in [5.41, 5.74) is 2.37. The van der Waals surface area contributed by atoms with Gasteiger partial charge >= 0.3 is 11.8 Å². The van der Waals surface area contributed by atoms with Gasteiger partial charge in [0.25, 0.3) is 0 Å². The zero-order chi connectivity index (χ0) is 18.1. The summed E-state index contributed by atoms with van der Waals surface area (Å²) in [6, 6.07) is 14.4. The van der Waals surface area contributed by atoms with Gasteiger partial charge in [0.15, 0.2) is 0 Å². The van der Waals surface area contributed by atoms with Crippen molar-refractivity contribution in [2.45, 2.75) is 33.1 Å². The Morgan fingerprint density at radius 3 is 1.84 bits per heavy atom. The highest BCUT2D eigenvalue weighted by Crippen LogP contribution is 2.16. The van der Waals surface area contributed by atoms with E-state index in [9.17, 15) is 9.59 Å². The summed E-state index contributed by atoms with van der Waals surface area (Å²) in [5, 5.41) is 5.17. The van der Waals surface area contributed by atoms with E-state index in [0.29, 0.717) is 23.7 Å². The third-order valence-electron chi connectivity index (χ3n) is 3.66. The van der Waals surface area contributed by atoms with Crippen molar-refractivity contribution < 1.29 is 14.3 Å². The Hall–Kier alpha value is -2.82. The van der Waals surface area contributed by atoms with Crippen LogP contribution in [0.2, 0.25) is 0 Å². The number of nitrogens with one attached hydrogen (secondary N) is 2. The molecule has 0 heterocycles. The van der Waals surface area contributed by atoms with E-state index < -0.39 is 11.8 Å². The fraction of sp³-hybridized carbons (Fsp3) is 0.300. The maximum atomic E-state index is 12.0. The number of benzene rings is 2. The monoisotopic (exact) mass is 340 g/mol. The van der Waals surface area contributed by atoms with Gasteiger partial charge in [-0.2, -0.15) is 0 Å². The molecule has 2 aromatic rings. The fourth-order valence-electron chi connectivity index (χ4n) is 2.31. The summed E-state index contributed by atoms with van der Waals surface area (Å²) in [4.78, 5) is 24.0. The van der Waals surface area contributed by atoms with Crippen LogP contribution in [-0.4, -0.2) is 18.4 Å². The van der Waals surface area contributed by atoms with Gasteiger partial charge in [0.1, 0.15) is 5.75 Å². The highest BCUT2D eigenvalue weighted by Gasteiger charge is 2.14. The first-order chi connectivity index (χ1) is 12.1. The van der Waals surface area contributed by atoms with Crippen molar-refractivity contribution in [2.24, 2.45) is 0 Å². The number of hydrogen-bond donors (Lipinski definition) is 2. The number of amides is 2. The summed E-state index contributed by atoms with van der Waals surface area (Å²) in [7, 11) is 0. The van der Waals surface area contributed by atoms with Crippen LogP contribution in [0.15, 0.2) is 48.5 Å². The molecule has 2 N–H and O–H groups in total. The molecule has 0 fully saturated rings. The van der Waals surface area contributed by atoms with Crippen LogP contribution in [0.4, 0.5) is 11.4 Å². The van der Waals surface area contributed by atoms with E-state index in [1.165, 1.54) is 5.56 Å². The first-order valence-corrected chi connectivity index (χ1v) is 8.56. The van der Waals surface area contributed by atoms with Crippen LogP contribution in [0.5, 0.6) is 5.75 Å². The van der Waals surface area contributed by atoms with E-state index >= 15 is 0 Å².